The fourth-order valence-corrected chi connectivity index (χ4v) is 4.15. The van der Waals surface area contributed by atoms with Crippen molar-refractivity contribution >= 4 is 32.7 Å². The van der Waals surface area contributed by atoms with E-state index in [1.807, 2.05) is 0 Å². The summed E-state index contributed by atoms with van der Waals surface area (Å²) in [7, 11) is 0. The van der Waals surface area contributed by atoms with E-state index in [1.165, 1.54) is 29.2 Å². The van der Waals surface area contributed by atoms with Crippen LogP contribution in [0.4, 0.5) is 23.4 Å². The summed E-state index contributed by atoms with van der Waals surface area (Å²) in [5, 5.41) is 3.45. The van der Waals surface area contributed by atoms with Crippen molar-refractivity contribution in [1.82, 2.24) is 14.5 Å². The first-order chi connectivity index (χ1) is 14.6. The Morgan fingerprint density at radius 2 is 2.03 bits per heavy atom. The summed E-state index contributed by atoms with van der Waals surface area (Å²) in [4.78, 5) is 21.0. The number of nitrogens with zero attached hydrogens (tertiary/aromatic N) is 3. The Labute approximate surface area is 183 Å². The highest BCUT2D eigenvalue weighted by molar-refractivity contribution is 9.10. The minimum Gasteiger partial charge on any atom is -0.363 e. The number of hydrogen-bond acceptors (Lipinski definition) is 4. The van der Waals surface area contributed by atoms with E-state index < -0.39 is 41.1 Å². The molecule has 2 aromatic heterocycles. The molecule has 1 saturated carbocycles. The molecule has 31 heavy (non-hydrogen) atoms. The Kier molecular flexibility index (Phi) is 5.31. The van der Waals surface area contributed by atoms with Gasteiger partial charge in [-0.05, 0) is 35.7 Å². The van der Waals surface area contributed by atoms with Crippen LogP contribution in [0.15, 0.2) is 40.0 Å². The van der Waals surface area contributed by atoms with Crippen molar-refractivity contribution in [3.05, 3.63) is 62.5 Å². The second kappa shape index (κ2) is 7.58. The first-order valence-electron chi connectivity index (χ1n) is 9.64. The molecular formula is C21H19BrF4N4O. The Bertz CT molecular complexity index is 1220. The maximum atomic E-state index is 14.8. The molecule has 10 heteroatoms. The smallest absolute Gasteiger partial charge is 0.273 e. The number of aromatic nitrogens is 3. The lowest BCUT2D eigenvalue weighted by molar-refractivity contribution is 0.0136. The predicted molar refractivity (Wildman–Crippen MR) is 113 cm³/mol. The zero-order valence-electron chi connectivity index (χ0n) is 16.7. The molecule has 0 bridgehead atoms. The fourth-order valence-electron chi connectivity index (χ4n) is 3.64. The van der Waals surface area contributed by atoms with E-state index in [2.05, 4.69) is 31.2 Å². The lowest BCUT2D eigenvalue weighted by atomic mass is 10.0. The summed E-state index contributed by atoms with van der Waals surface area (Å²) in [5.41, 5.74) is -1.61. The number of rotatable bonds is 6. The molecule has 1 aliphatic rings. The van der Waals surface area contributed by atoms with Crippen LogP contribution in [0.25, 0.3) is 10.9 Å². The third kappa shape index (κ3) is 3.71. The molecule has 2 heterocycles. The van der Waals surface area contributed by atoms with E-state index in [4.69, 9.17) is 0 Å². The molecule has 5 nitrogen and oxygen atoms in total. The number of nitrogens with one attached hydrogen (secondary N) is 1. The Hall–Kier alpha value is -2.49. The van der Waals surface area contributed by atoms with Gasteiger partial charge in [-0.3, -0.25) is 4.79 Å². The van der Waals surface area contributed by atoms with Crippen molar-refractivity contribution in [3.8, 4) is 0 Å². The van der Waals surface area contributed by atoms with Crippen LogP contribution in [0.5, 0.6) is 0 Å². The van der Waals surface area contributed by atoms with Gasteiger partial charge in [0.1, 0.15) is 29.1 Å². The van der Waals surface area contributed by atoms with Crippen LogP contribution in [-0.2, 0) is 11.5 Å². The van der Waals surface area contributed by atoms with E-state index in [9.17, 15) is 22.4 Å². The summed E-state index contributed by atoms with van der Waals surface area (Å²) in [6, 6.07) is 3.11. The number of anilines is 1. The molecule has 0 saturated heterocycles. The van der Waals surface area contributed by atoms with Gasteiger partial charge in [-0.25, -0.2) is 27.5 Å². The highest BCUT2D eigenvalue weighted by Gasteiger charge is 2.46. The molecule has 0 spiro atoms. The van der Waals surface area contributed by atoms with E-state index >= 15 is 0 Å². The molecular weight excluding hydrogens is 480 g/mol. The van der Waals surface area contributed by atoms with Gasteiger partial charge in [0.2, 0.25) is 0 Å². The standard InChI is InChI=1S/C21H19BrF4N4O/c1-11(12-4-3-5-14(16(12)24)20(2,25)26)29-18-13-8-30(21(9-23)6-7-21)19(31)15(22)17(13)27-10-28-18/h3-5,8,10-11H,6-7,9H2,1-2H3,(H,27,28,29)/t11-/m0/s1. The quantitative estimate of drug-likeness (QED) is 0.460. The van der Waals surface area contributed by atoms with Crippen molar-refractivity contribution in [3.63, 3.8) is 0 Å². The van der Waals surface area contributed by atoms with Gasteiger partial charge in [0.05, 0.1) is 28.0 Å². The maximum Gasteiger partial charge on any atom is 0.273 e. The van der Waals surface area contributed by atoms with Crippen LogP contribution < -0.4 is 10.9 Å². The Morgan fingerprint density at radius 3 is 2.65 bits per heavy atom. The van der Waals surface area contributed by atoms with Crippen LogP contribution in [0.1, 0.15) is 43.9 Å². The molecule has 0 radical (unpaired) electrons. The third-order valence-electron chi connectivity index (χ3n) is 5.66. The van der Waals surface area contributed by atoms with E-state index in [0.717, 1.165) is 6.07 Å². The van der Waals surface area contributed by atoms with Crippen LogP contribution in [0, 0.1) is 5.82 Å². The van der Waals surface area contributed by atoms with E-state index in [-0.39, 0.29) is 15.9 Å². The summed E-state index contributed by atoms with van der Waals surface area (Å²) < 4.78 is 57.4. The van der Waals surface area contributed by atoms with E-state index in [0.29, 0.717) is 30.7 Å². The van der Waals surface area contributed by atoms with Gasteiger partial charge in [-0.15, -0.1) is 0 Å². The lowest BCUT2D eigenvalue weighted by Gasteiger charge is -2.21. The second-order valence-corrected chi connectivity index (χ2v) is 8.72. The highest BCUT2D eigenvalue weighted by atomic mass is 79.9. The number of pyridine rings is 1. The monoisotopic (exact) mass is 498 g/mol. The van der Waals surface area contributed by atoms with Crippen molar-refractivity contribution < 1.29 is 17.6 Å². The molecule has 0 aliphatic heterocycles. The molecule has 0 amide bonds. The van der Waals surface area contributed by atoms with Gasteiger partial charge < -0.3 is 9.88 Å². The first-order valence-corrected chi connectivity index (χ1v) is 10.4. The second-order valence-electron chi connectivity index (χ2n) is 7.92. The molecule has 0 unspecified atom stereocenters. The Balaban J connectivity index is 1.79. The first kappa shape index (κ1) is 21.7. The topological polar surface area (TPSA) is 59.8 Å². The van der Waals surface area contributed by atoms with Crippen molar-refractivity contribution in [1.29, 1.82) is 0 Å². The van der Waals surface area contributed by atoms with Crippen molar-refractivity contribution in [2.75, 3.05) is 12.0 Å². The van der Waals surface area contributed by atoms with Gasteiger partial charge in [0.15, 0.2) is 0 Å². The largest absolute Gasteiger partial charge is 0.363 e. The zero-order chi connectivity index (χ0) is 22.6. The number of hydrogen-bond donors (Lipinski definition) is 1. The van der Waals surface area contributed by atoms with Crippen molar-refractivity contribution in [2.45, 2.75) is 44.2 Å². The zero-order valence-corrected chi connectivity index (χ0v) is 18.3. The lowest BCUT2D eigenvalue weighted by Crippen LogP contribution is -2.32. The van der Waals surface area contributed by atoms with Crippen molar-refractivity contribution in [2.24, 2.45) is 0 Å². The van der Waals surface area contributed by atoms with Gasteiger partial charge >= 0.3 is 0 Å². The molecule has 3 aromatic rings. The summed E-state index contributed by atoms with van der Waals surface area (Å²) in [5.74, 6) is -4.05. The molecule has 164 valence electrons. The molecule has 1 N–H and O–H groups in total. The highest BCUT2D eigenvalue weighted by Crippen LogP contribution is 2.44. The van der Waals surface area contributed by atoms with E-state index in [1.54, 1.807) is 6.92 Å². The number of alkyl halides is 3. The van der Waals surface area contributed by atoms with Gasteiger partial charge in [-0.1, -0.05) is 18.2 Å². The third-order valence-corrected chi connectivity index (χ3v) is 6.38. The minimum atomic E-state index is -3.33. The van der Waals surface area contributed by atoms with Crippen LogP contribution in [0.3, 0.4) is 0 Å². The molecule has 1 aromatic carbocycles. The predicted octanol–water partition coefficient (Wildman–Crippen LogP) is 5.44. The number of halogens is 5. The maximum absolute atomic E-state index is 14.8. The minimum absolute atomic E-state index is 0.0422. The van der Waals surface area contributed by atoms with Gasteiger partial charge in [0.25, 0.3) is 11.5 Å². The average molecular weight is 499 g/mol. The molecule has 1 atom stereocenters. The summed E-state index contributed by atoms with van der Waals surface area (Å²) in [6.07, 6.45) is 3.81. The van der Waals surface area contributed by atoms with Crippen LogP contribution in [0.2, 0.25) is 0 Å². The van der Waals surface area contributed by atoms with Crippen LogP contribution in [-0.4, -0.2) is 21.2 Å². The SMILES string of the molecule is C[C@H](Nc1ncnc2c(Br)c(=O)n(C3(CF)CC3)cc12)c1cccc(C(C)(F)F)c1F. The molecule has 1 fully saturated rings. The fraction of sp³-hybridized carbons (Fsp3) is 0.381. The van der Waals surface area contributed by atoms with Gasteiger partial charge in [0, 0.05) is 18.7 Å². The normalized spacial score (nSPS) is 16.4. The summed E-state index contributed by atoms with van der Waals surface area (Å²) >= 11 is 3.25. The number of benzene rings is 1. The van der Waals surface area contributed by atoms with Crippen LogP contribution >= 0.6 is 15.9 Å². The molecule has 4 rings (SSSR count). The van der Waals surface area contributed by atoms with Gasteiger partial charge in [-0.2, -0.15) is 0 Å². The average Bonchev–Trinajstić information content (AvgIpc) is 3.51. The Morgan fingerprint density at radius 1 is 1.32 bits per heavy atom. The molecule has 1 aliphatic carbocycles. The number of fused-ring (bicyclic) bond motifs is 1. The summed E-state index contributed by atoms with van der Waals surface area (Å²) in [6.45, 7) is 1.57.